The summed E-state index contributed by atoms with van der Waals surface area (Å²) in [5.74, 6) is 0.759. The van der Waals surface area contributed by atoms with Gasteiger partial charge < -0.3 is 5.32 Å². The lowest BCUT2D eigenvalue weighted by Gasteiger charge is -2.31. The van der Waals surface area contributed by atoms with Crippen LogP contribution in [0, 0.1) is 5.92 Å². The van der Waals surface area contributed by atoms with Crippen LogP contribution in [0.4, 0.5) is 0 Å². The molecule has 0 bridgehead atoms. The van der Waals surface area contributed by atoms with Crippen molar-refractivity contribution >= 4 is 23.2 Å². The molecule has 0 unspecified atom stereocenters. The van der Waals surface area contributed by atoms with Crippen LogP contribution in [0.1, 0.15) is 18.4 Å². The smallest absolute Gasteiger partial charge is 0.0450 e. The molecule has 1 aromatic rings. The Labute approximate surface area is 101 Å². The fraction of sp³-hybridized carbons (Fsp3) is 0.500. The van der Waals surface area contributed by atoms with Crippen molar-refractivity contribution in [2.45, 2.75) is 24.8 Å². The summed E-state index contributed by atoms with van der Waals surface area (Å²) in [5.41, 5.74) is 1.17. The molecular formula is C12H15Cl2N. The van der Waals surface area contributed by atoms with Crippen LogP contribution >= 0.6 is 23.2 Å². The number of halogens is 2. The Kier molecular flexibility index (Phi) is 3.90. The molecule has 1 aromatic carbocycles. The minimum absolute atomic E-state index is 0.414. The molecule has 0 heterocycles. The maximum Gasteiger partial charge on any atom is 0.0450 e. The summed E-state index contributed by atoms with van der Waals surface area (Å²) >= 11 is 12.0. The third-order valence-electron chi connectivity index (χ3n) is 2.88. The highest BCUT2D eigenvalue weighted by atomic mass is 35.5. The van der Waals surface area contributed by atoms with E-state index < -0.39 is 0 Å². The molecule has 3 heteroatoms. The third-order valence-corrected chi connectivity index (χ3v) is 3.61. The SMILES string of the molecule is Clc1ccccc1CNCC1CC(Cl)C1. The number of nitrogens with one attached hydrogen (secondary N) is 1. The first-order chi connectivity index (χ1) is 7.25. The summed E-state index contributed by atoms with van der Waals surface area (Å²) in [4.78, 5) is 0. The van der Waals surface area contributed by atoms with Crippen LogP contribution in [0.2, 0.25) is 5.02 Å². The van der Waals surface area contributed by atoms with E-state index in [0.29, 0.717) is 5.38 Å². The first-order valence-corrected chi connectivity index (χ1v) is 6.15. The first-order valence-electron chi connectivity index (χ1n) is 5.34. The topological polar surface area (TPSA) is 12.0 Å². The highest BCUT2D eigenvalue weighted by molar-refractivity contribution is 6.31. The van der Waals surface area contributed by atoms with Crippen molar-refractivity contribution in [3.63, 3.8) is 0 Å². The molecule has 15 heavy (non-hydrogen) atoms. The summed E-state index contributed by atoms with van der Waals surface area (Å²) in [6.45, 7) is 1.90. The number of hydrogen-bond donors (Lipinski definition) is 1. The molecular weight excluding hydrogens is 229 g/mol. The van der Waals surface area contributed by atoms with Gasteiger partial charge in [0.2, 0.25) is 0 Å². The fourth-order valence-electron chi connectivity index (χ4n) is 1.87. The van der Waals surface area contributed by atoms with Crippen LogP contribution in [0.5, 0.6) is 0 Å². The molecule has 1 N–H and O–H groups in total. The highest BCUT2D eigenvalue weighted by Crippen LogP contribution is 2.31. The number of hydrogen-bond acceptors (Lipinski definition) is 1. The van der Waals surface area contributed by atoms with Gasteiger partial charge in [-0.05, 0) is 36.9 Å². The molecule has 82 valence electrons. The lowest BCUT2D eigenvalue weighted by Crippen LogP contribution is -2.33. The van der Waals surface area contributed by atoms with E-state index in [9.17, 15) is 0 Å². The second-order valence-corrected chi connectivity index (χ2v) is 5.18. The van der Waals surface area contributed by atoms with Crippen LogP contribution in [0.3, 0.4) is 0 Å². The van der Waals surface area contributed by atoms with E-state index in [2.05, 4.69) is 11.4 Å². The molecule has 1 aliphatic rings. The Morgan fingerprint density at radius 1 is 1.27 bits per heavy atom. The lowest BCUT2D eigenvalue weighted by molar-refractivity contribution is 0.308. The van der Waals surface area contributed by atoms with Gasteiger partial charge in [0.05, 0.1) is 0 Å². The zero-order valence-corrected chi connectivity index (χ0v) is 10.1. The maximum absolute atomic E-state index is 6.05. The van der Waals surface area contributed by atoms with Gasteiger partial charge in [-0.25, -0.2) is 0 Å². The van der Waals surface area contributed by atoms with Crippen molar-refractivity contribution in [3.05, 3.63) is 34.9 Å². The molecule has 1 fully saturated rings. The van der Waals surface area contributed by atoms with Gasteiger partial charge in [0.1, 0.15) is 0 Å². The van der Waals surface area contributed by atoms with Gasteiger partial charge in [-0.1, -0.05) is 29.8 Å². The first kappa shape index (κ1) is 11.3. The van der Waals surface area contributed by atoms with Gasteiger partial charge in [0.25, 0.3) is 0 Å². The van der Waals surface area contributed by atoms with Crippen LogP contribution in [-0.4, -0.2) is 11.9 Å². The van der Waals surface area contributed by atoms with Gasteiger partial charge in [-0.2, -0.15) is 0 Å². The van der Waals surface area contributed by atoms with Gasteiger partial charge in [0.15, 0.2) is 0 Å². The van der Waals surface area contributed by atoms with Crippen LogP contribution in [0.25, 0.3) is 0 Å². The molecule has 0 atom stereocenters. The average molecular weight is 244 g/mol. The maximum atomic E-state index is 6.05. The molecule has 1 aliphatic carbocycles. The molecule has 2 rings (SSSR count). The number of alkyl halides is 1. The van der Waals surface area contributed by atoms with Crippen LogP contribution < -0.4 is 5.32 Å². The molecule has 0 aromatic heterocycles. The van der Waals surface area contributed by atoms with Crippen LogP contribution in [-0.2, 0) is 6.54 Å². The van der Waals surface area contributed by atoms with E-state index >= 15 is 0 Å². The van der Waals surface area contributed by atoms with Crippen molar-refractivity contribution in [1.29, 1.82) is 0 Å². The van der Waals surface area contributed by atoms with Gasteiger partial charge in [0, 0.05) is 16.9 Å². The minimum Gasteiger partial charge on any atom is -0.312 e. The molecule has 0 aliphatic heterocycles. The normalized spacial score (nSPS) is 24.9. The van der Waals surface area contributed by atoms with E-state index in [1.165, 1.54) is 5.56 Å². The Bertz CT molecular complexity index is 321. The van der Waals surface area contributed by atoms with E-state index in [4.69, 9.17) is 23.2 Å². The van der Waals surface area contributed by atoms with Crippen molar-refractivity contribution in [2.24, 2.45) is 5.92 Å². The Morgan fingerprint density at radius 2 is 2.00 bits per heavy atom. The van der Waals surface area contributed by atoms with Crippen molar-refractivity contribution in [2.75, 3.05) is 6.54 Å². The van der Waals surface area contributed by atoms with Crippen molar-refractivity contribution < 1.29 is 0 Å². The van der Waals surface area contributed by atoms with E-state index in [-0.39, 0.29) is 0 Å². The second-order valence-electron chi connectivity index (χ2n) is 4.16. The van der Waals surface area contributed by atoms with Gasteiger partial charge >= 0.3 is 0 Å². The van der Waals surface area contributed by atoms with E-state index in [0.717, 1.165) is 36.9 Å². The van der Waals surface area contributed by atoms with E-state index in [1.807, 2.05) is 18.2 Å². The Balaban J connectivity index is 1.72. The zero-order chi connectivity index (χ0) is 10.7. The Morgan fingerprint density at radius 3 is 2.67 bits per heavy atom. The van der Waals surface area contributed by atoms with Crippen molar-refractivity contribution in [3.8, 4) is 0 Å². The molecule has 1 saturated carbocycles. The molecule has 0 amide bonds. The largest absolute Gasteiger partial charge is 0.312 e. The number of benzene rings is 1. The van der Waals surface area contributed by atoms with E-state index in [1.54, 1.807) is 0 Å². The fourth-order valence-corrected chi connectivity index (χ4v) is 2.58. The molecule has 0 radical (unpaired) electrons. The predicted octanol–water partition coefficient (Wildman–Crippen LogP) is 3.45. The van der Waals surface area contributed by atoms with Crippen LogP contribution in [0.15, 0.2) is 24.3 Å². The highest BCUT2D eigenvalue weighted by Gasteiger charge is 2.26. The Hall–Kier alpha value is -0.240. The summed E-state index contributed by atoms with van der Waals surface area (Å²) < 4.78 is 0. The summed E-state index contributed by atoms with van der Waals surface area (Å²) in [7, 11) is 0. The molecule has 1 nitrogen and oxygen atoms in total. The standard InChI is InChI=1S/C12H15Cl2N/c13-11-5-9(6-11)7-15-8-10-3-1-2-4-12(10)14/h1-4,9,11,15H,5-8H2. The molecule has 0 saturated heterocycles. The third kappa shape index (κ3) is 3.10. The number of rotatable bonds is 4. The zero-order valence-electron chi connectivity index (χ0n) is 8.55. The van der Waals surface area contributed by atoms with Gasteiger partial charge in [-0.15, -0.1) is 11.6 Å². The van der Waals surface area contributed by atoms with Crippen molar-refractivity contribution in [1.82, 2.24) is 5.32 Å². The second kappa shape index (κ2) is 5.20. The summed E-state index contributed by atoms with van der Waals surface area (Å²) in [6, 6.07) is 7.95. The summed E-state index contributed by atoms with van der Waals surface area (Å²) in [6.07, 6.45) is 2.30. The monoisotopic (exact) mass is 243 g/mol. The van der Waals surface area contributed by atoms with Gasteiger partial charge in [-0.3, -0.25) is 0 Å². The summed E-state index contributed by atoms with van der Waals surface area (Å²) in [5, 5.41) is 4.68. The quantitative estimate of drug-likeness (QED) is 0.800. The average Bonchev–Trinajstić information content (AvgIpc) is 2.18. The lowest BCUT2D eigenvalue weighted by atomic mass is 9.85. The molecule has 0 spiro atoms. The predicted molar refractivity (Wildman–Crippen MR) is 65.5 cm³/mol. The minimum atomic E-state index is 0.414.